The highest BCUT2D eigenvalue weighted by Crippen LogP contribution is 2.40. The van der Waals surface area contributed by atoms with E-state index in [-0.39, 0.29) is 6.10 Å². The van der Waals surface area contributed by atoms with E-state index >= 15 is 0 Å². The molecule has 1 heterocycles. The lowest BCUT2D eigenvalue weighted by Crippen LogP contribution is -2.30. The molecule has 1 saturated heterocycles. The highest BCUT2D eigenvalue weighted by atomic mass is 79.9. The molecule has 94 valence electrons. The lowest BCUT2D eigenvalue weighted by atomic mass is 10.1. The van der Waals surface area contributed by atoms with Gasteiger partial charge in [0.1, 0.15) is 0 Å². The van der Waals surface area contributed by atoms with Crippen LogP contribution in [0, 0.1) is 0 Å². The van der Waals surface area contributed by atoms with Crippen molar-refractivity contribution in [3.8, 4) is 0 Å². The second-order valence-electron chi connectivity index (χ2n) is 3.97. The number of rotatable bonds is 3. The molecule has 1 aliphatic heterocycles. The molecule has 2 nitrogen and oxygen atoms in total. The first-order valence-electron chi connectivity index (χ1n) is 5.44. The molecule has 1 aliphatic rings. The highest BCUT2D eigenvalue weighted by molar-refractivity contribution is 9.09. The van der Waals surface area contributed by atoms with E-state index in [1.54, 1.807) is 12.1 Å². The summed E-state index contributed by atoms with van der Waals surface area (Å²) in [6.07, 6.45) is 1.03. The number of hydrogen-bond acceptors (Lipinski definition) is 2. The van der Waals surface area contributed by atoms with Crippen molar-refractivity contribution in [2.24, 2.45) is 0 Å². The number of halogens is 3. The van der Waals surface area contributed by atoms with Crippen LogP contribution in [-0.4, -0.2) is 18.0 Å². The standard InChI is InChI=1S/C12H13BrCl2O2/c1-2-9-6-16-12(7-13,17-9)10-4-3-8(14)5-11(10)15/h3-5,9H,2,6-7H2,1H3. The maximum atomic E-state index is 6.20. The molecule has 0 N–H and O–H groups in total. The molecule has 0 spiro atoms. The Kier molecular flexibility index (Phi) is 4.37. The van der Waals surface area contributed by atoms with Crippen LogP contribution in [-0.2, 0) is 15.3 Å². The Balaban J connectivity index is 2.35. The first-order chi connectivity index (χ1) is 8.11. The second-order valence-corrected chi connectivity index (χ2v) is 5.37. The van der Waals surface area contributed by atoms with Gasteiger partial charge in [0.15, 0.2) is 0 Å². The number of alkyl halides is 1. The van der Waals surface area contributed by atoms with E-state index in [9.17, 15) is 0 Å². The van der Waals surface area contributed by atoms with E-state index in [0.717, 1.165) is 12.0 Å². The van der Waals surface area contributed by atoms with Gasteiger partial charge in [-0.05, 0) is 18.6 Å². The predicted octanol–water partition coefficient (Wildman–Crippen LogP) is 4.37. The lowest BCUT2D eigenvalue weighted by Gasteiger charge is -2.27. The van der Waals surface area contributed by atoms with Crippen molar-refractivity contribution < 1.29 is 9.47 Å². The van der Waals surface area contributed by atoms with E-state index in [2.05, 4.69) is 22.9 Å². The van der Waals surface area contributed by atoms with Gasteiger partial charge in [0.05, 0.1) is 23.1 Å². The molecule has 0 amide bonds. The van der Waals surface area contributed by atoms with Crippen LogP contribution in [0.4, 0.5) is 0 Å². The predicted molar refractivity (Wildman–Crippen MR) is 73.1 cm³/mol. The molecule has 2 atom stereocenters. The molecule has 1 aromatic rings. The van der Waals surface area contributed by atoms with Gasteiger partial charge in [0.25, 0.3) is 0 Å². The van der Waals surface area contributed by atoms with Gasteiger partial charge < -0.3 is 9.47 Å². The van der Waals surface area contributed by atoms with Crippen molar-refractivity contribution in [1.29, 1.82) is 0 Å². The minimum Gasteiger partial charge on any atom is -0.342 e. The third-order valence-electron chi connectivity index (χ3n) is 2.83. The molecule has 0 bridgehead atoms. The summed E-state index contributed by atoms with van der Waals surface area (Å²) >= 11 is 15.5. The van der Waals surface area contributed by atoms with E-state index < -0.39 is 5.79 Å². The first kappa shape index (κ1) is 13.6. The molecule has 2 unspecified atom stereocenters. The topological polar surface area (TPSA) is 18.5 Å². The third-order valence-corrected chi connectivity index (χ3v) is 4.12. The molecule has 1 aromatic carbocycles. The minimum absolute atomic E-state index is 0.110. The molecular weight excluding hydrogens is 327 g/mol. The van der Waals surface area contributed by atoms with E-state index in [1.807, 2.05) is 6.07 Å². The van der Waals surface area contributed by atoms with Crippen molar-refractivity contribution in [3.05, 3.63) is 33.8 Å². The van der Waals surface area contributed by atoms with Gasteiger partial charge in [-0.15, -0.1) is 0 Å². The first-order valence-corrected chi connectivity index (χ1v) is 7.32. The van der Waals surface area contributed by atoms with Crippen LogP contribution in [0.2, 0.25) is 10.0 Å². The van der Waals surface area contributed by atoms with Crippen LogP contribution in [0.5, 0.6) is 0 Å². The van der Waals surface area contributed by atoms with E-state index in [0.29, 0.717) is 22.0 Å². The van der Waals surface area contributed by atoms with Gasteiger partial charge in [-0.3, -0.25) is 0 Å². The molecule has 5 heteroatoms. The molecule has 2 rings (SSSR count). The van der Waals surface area contributed by atoms with Crippen LogP contribution in [0.1, 0.15) is 18.9 Å². The average molecular weight is 340 g/mol. The zero-order chi connectivity index (χ0) is 12.5. The average Bonchev–Trinajstić information content (AvgIpc) is 2.74. The SMILES string of the molecule is CCC1COC(CBr)(c2ccc(Cl)cc2Cl)O1. The van der Waals surface area contributed by atoms with Gasteiger partial charge in [-0.25, -0.2) is 0 Å². The fourth-order valence-electron chi connectivity index (χ4n) is 1.85. The quantitative estimate of drug-likeness (QED) is 0.761. The molecular formula is C12H13BrCl2O2. The fraction of sp³-hybridized carbons (Fsp3) is 0.500. The van der Waals surface area contributed by atoms with Gasteiger partial charge in [-0.1, -0.05) is 52.1 Å². The Hall–Kier alpha value is 0.200. The van der Waals surface area contributed by atoms with Crippen LogP contribution >= 0.6 is 39.1 Å². The molecule has 0 aromatic heterocycles. The minimum atomic E-state index is -0.789. The Bertz CT molecular complexity index is 413. The number of benzene rings is 1. The molecule has 0 radical (unpaired) electrons. The Morgan fingerprint density at radius 1 is 1.47 bits per heavy atom. The normalized spacial score (nSPS) is 28.6. The van der Waals surface area contributed by atoms with Gasteiger partial charge in [0.2, 0.25) is 5.79 Å². The summed E-state index contributed by atoms with van der Waals surface area (Å²) in [6, 6.07) is 5.35. The van der Waals surface area contributed by atoms with Crippen LogP contribution in [0.3, 0.4) is 0 Å². The molecule has 17 heavy (non-hydrogen) atoms. The smallest absolute Gasteiger partial charge is 0.206 e. The van der Waals surface area contributed by atoms with E-state index in [4.69, 9.17) is 32.7 Å². The number of hydrogen-bond donors (Lipinski definition) is 0. The van der Waals surface area contributed by atoms with Crippen LogP contribution < -0.4 is 0 Å². The van der Waals surface area contributed by atoms with Crippen molar-refractivity contribution in [1.82, 2.24) is 0 Å². The number of ether oxygens (including phenoxy) is 2. The summed E-state index contributed by atoms with van der Waals surface area (Å²) in [5.74, 6) is -0.789. The largest absolute Gasteiger partial charge is 0.342 e. The van der Waals surface area contributed by atoms with Crippen LogP contribution in [0.15, 0.2) is 18.2 Å². The van der Waals surface area contributed by atoms with Crippen molar-refractivity contribution in [3.63, 3.8) is 0 Å². The zero-order valence-electron chi connectivity index (χ0n) is 9.38. The Morgan fingerprint density at radius 3 is 2.76 bits per heavy atom. The monoisotopic (exact) mass is 338 g/mol. The molecule has 0 aliphatic carbocycles. The lowest BCUT2D eigenvalue weighted by molar-refractivity contribution is -0.156. The summed E-state index contributed by atoms with van der Waals surface area (Å²) in [4.78, 5) is 0. The second kappa shape index (κ2) is 5.45. The van der Waals surface area contributed by atoms with Crippen molar-refractivity contribution in [2.75, 3.05) is 11.9 Å². The van der Waals surface area contributed by atoms with Crippen LogP contribution in [0.25, 0.3) is 0 Å². The Morgan fingerprint density at radius 2 is 2.24 bits per heavy atom. The van der Waals surface area contributed by atoms with Gasteiger partial charge in [-0.2, -0.15) is 0 Å². The summed E-state index contributed by atoms with van der Waals surface area (Å²) in [5.41, 5.74) is 0.816. The van der Waals surface area contributed by atoms with Gasteiger partial charge >= 0.3 is 0 Å². The third kappa shape index (κ3) is 2.64. The maximum Gasteiger partial charge on any atom is 0.206 e. The van der Waals surface area contributed by atoms with E-state index in [1.165, 1.54) is 0 Å². The summed E-state index contributed by atoms with van der Waals surface area (Å²) in [6.45, 7) is 2.66. The molecule has 1 fully saturated rings. The Labute approximate surface area is 119 Å². The van der Waals surface area contributed by atoms with Crippen molar-refractivity contribution in [2.45, 2.75) is 25.2 Å². The fourth-order valence-corrected chi connectivity index (χ4v) is 3.00. The summed E-state index contributed by atoms with van der Waals surface area (Å²) in [5, 5.41) is 1.71. The summed E-state index contributed by atoms with van der Waals surface area (Å²) < 4.78 is 11.8. The van der Waals surface area contributed by atoms with Gasteiger partial charge in [0, 0.05) is 10.6 Å². The highest BCUT2D eigenvalue weighted by Gasteiger charge is 2.43. The zero-order valence-corrected chi connectivity index (χ0v) is 12.5. The maximum absolute atomic E-state index is 6.20. The summed E-state index contributed by atoms with van der Waals surface area (Å²) in [7, 11) is 0. The van der Waals surface area contributed by atoms with Crippen molar-refractivity contribution >= 4 is 39.1 Å². The molecule has 0 saturated carbocycles.